The van der Waals surface area contributed by atoms with Crippen LogP contribution in [0.5, 0.6) is 0 Å². The van der Waals surface area contributed by atoms with Crippen molar-refractivity contribution in [2.75, 3.05) is 0 Å². The normalized spacial score (nSPS) is 11.1. The maximum absolute atomic E-state index is 13.3. The van der Waals surface area contributed by atoms with Gasteiger partial charge in [-0.25, -0.2) is 4.98 Å². The van der Waals surface area contributed by atoms with Crippen molar-refractivity contribution in [2.45, 2.75) is 45.1 Å². The lowest BCUT2D eigenvalue weighted by Gasteiger charge is -2.12. The van der Waals surface area contributed by atoms with Gasteiger partial charge in [-0.3, -0.25) is 9.36 Å². The third-order valence-corrected chi connectivity index (χ3v) is 5.91. The van der Waals surface area contributed by atoms with Gasteiger partial charge in [0.05, 0.1) is 0 Å². The summed E-state index contributed by atoms with van der Waals surface area (Å²) < 4.78 is 1.83. The maximum atomic E-state index is 13.3. The minimum Gasteiger partial charge on any atom is -0.292 e. The molecule has 0 spiro atoms. The molecule has 0 aliphatic rings. The third kappa shape index (κ3) is 5.42. The van der Waals surface area contributed by atoms with Gasteiger partial charge in [0.15, 0.2) is 0 Å². The number of unbranched alkanes of at least 4 members (excludes halogenated alkanes) is 4. The summed E-state index contributed by atoms with van der Waals surface area (Å²) in [6.45, 7) is 0.680. The van der Waals surface area contributed by atoms with Crippen molar-refractivity contribution in [3.63, 3.8) is 0 Å². The molecule has 3 nitrogen and oxygen atoms in total. The molecule has 0 bridgehead atoms. The number of hydrogen-bond donors (Lipinski definition) is 0. The molecular weight excluding hydrogens is 404 g/mol. The summed E-state index contributed by atoms with van der Waals surface area (Å²) in [6, 6.07) is 24.0. The summed E-state index contributed by atoms with van der Waals surface area (Å²) >= 11 is 6.17. The van der Waals surface area contributed by atoms with E-state index in [2.05, 4.69) is 35.3 Å². The van der Waals surface area contributed by atoms with Gasteiger partial charge in [0.2, 0.25) is 0 Å². The summed E-state index contributed by atoms with van der Waals surface area (Å²) in [6.07, 6.45) is 8.56. The van der Waals surface area contributed by atoms with Crippen LogP contribution in [0.1, 0.15) is 37.7 Å². The molecule has 4 rings (SSSR count). The smallest absolute Gasteiger partial charge is 0.260 e. The molecule has 4 heteroatoms. The van der Waals surface area contributed by atoms with Crippen molar-refractivity contribution in [1.82, 2.24) is 9.55 Å². The van der Waals surface area contributed by atoms with Gasteiger partial charge in [-0.1, -0.05) is 73.3 Å². The summed E-state index contributed by atoms with van der Waals surface area (Å²) in [5.41, 5.74) is 3.67. The van der Waals surface area contributed by atoms with Crippen molar-refractivity contribution in [2.24, 2.45) is 0 Å². The average molecular weight is 431 g/mol. The topological polar surface area (TPSA) is 34.9 Å². The molecule has 0 atom stereocenters. The van der Waals surface area contributed by atoms with Gasteiger partial charge in [-0.2, -0.15) is 0 Å². The fourth-order valence-electron chi connectivity index (χ4n) is 4.05. The number of hydrogen-bond acceptors (Lipinski definition) is 2. The molecule has 0 saturated heterocycles. The van der Waals surface area contributed by atoms with Gasteiger partial charge in [0.1, 0.15) is 5.65 Å². The van der Waals surface area contributed by atoms with Crippen molar-refractivity contribution in [1.29, 1.82) is 0 Å². The highest BCUT2D eigenvalue weighted by Crippen LogP contribution is 2.23. The van der Waals surface area contributed by atoms with Gasteiger partial charge in [-0.05, 0) is 60.7 Å². The third-order valence-electron chi connectivity index (χ3n) is 5.67. The first-order chi connectivity index (χ1) is 15.2. The Kier molecular flexibility index (Phi) is 7.16. The van der Waals surface area contributed by atoms with Gasteiger partial charge in [0, 0.05) is 28.7 Å². The van der Waals surface area contributed by atoms with E-state index in [0.29, 0.717) is 17.1 Å². The molecule has 0 N–H and O–H groups in total. The van der Waals surface area contributed by atoms with E-state index in [-0.39, 0.29) is 5.56 Å². The van der Waals surface area contributed by atoms with Crippen LogP contribution in [-0.2, 0) is 13.0 Å². The molecule has 0 unspecified atom stereocenters. The SMILES string of the molecule is O=c1c(-c2cccc(Cl)c2)cc2cccnc2n1CCCCCCCc1ccccc1. The van der Waals surface area contributed by atoms with Crippen molar-refractivity contribution < 1.29 is 0 Å². The van der Waals surface area contributed by atoms with Crippen LogP contribution in [0.4, 0.5) is 0 Å². The van der Waals surface area contributed by atoms with E-state index in [4.69, 9.17) is 11.6 Å². The molecule has 31 heavy (non-hydrogen) atoms. The summed E-state index contributed by atoms with van der Waals surface area (Å²) in [5.74, 6) is 0. The Morgan fingerprint density at radius 1 is 0.806 bits per heavy atom. The number of aryl methyl sites for hydroxylation is 2. The number of pyridine rings is 2. The van der Waals surface area contributed by atoms with Gasteiger partial charge >= 0.3 is 0 Å². The molecule has 2 aromatic carbocycles. The van der Waals surface area contributed by atoms with E-state index in [9.17, 15) is 4.79 Å². The molecule has 2 aromatic heterocycles. The quantitative estimate of drug-likeness (QED) is 0.270. The van der Waals surface area contributed by atoms with Crippen molar-refractivity contribution in [3.05, 3.63) is 99.9 Å². The van der Waals surface area contributed by atoms with Gasteiger partial charge in [-0.15, -0.1) is 0 Å². The Morgan fingerprint density at radius 2 is 1.61 bits per heavy atom. The highest BCUT2D eigenvalue weighted by Gasteiger charge is 2.12. The highest BCUT2D eigenvalue weighted by molar-refractivity contribution is 6.30. The fraction of sp³-hybridized carbons (Fsp3) is 0.259. The molecule has 0 saturated carbocycles. The first-order valence-corrected chi connectivity index (χ1v) is 11.4. The lowest BCUT2D eigenvalue weighted by atomic mass is 10.0. The Hall–Kier alpha value is -2.91. The van der Waals surface area contributed by atoms with E-state index >= 15 is 0 Å². The minimum absolute atomic E-state index is 0.00227. The lowest BCUT2D eigenvalue weighted by molar-refractivity contribution is 0.559. The van der Waals surface area contributed by atoms with E-state index < -0.39 is 0 Å². The van der Waals surface area contributed by atoms with Crippen LogP contribution in [0.3, 0.4) is 0 Å². The Balaban J connectivity index is 1.42. The molecule has 0 aliphatic heterocycles. The first-order valence-electron chi connectivity index (χ1n) is 11.0. The number of halogens is 1. The van der Waals surface area contributed by atoms with Gasteiger partial charge < -0.3 is 0 Å². The number of rotatable bonds is 9. The number of nitrogens with zero attached hydrogens (tertiary/aromatic N) is 2. The van der Waals surface area contributed by atoms with Crippen LogP contribution < -0.4 is 5.56 Å². The standard InChI is InChI=1S/C27H27ClN2O/c28-24-16-9-14-22(19-24)25-20-23-15-10-17-29-26(23)30(27(25)31)18-8-3-1-2-5-11-21-12-6-4-7-13-21/h4,6-7,9-10,12-17,19-20H,1-3,5,8,11,18H2. The van der Waals surface area contributed by atoms with Crippen molar-refractivity contribution >= 4 is 22.6 Å². The fourth-order valence-corrected chi connectivity index (χ4v) is 4.24. The summed E-state index contributed by atoms with van der Waals surface area (Å²) in [5, 5.41) is 1.60. The molecule has 0 amide bonds. The molecule has 4 aromatic rings. The highest BCUT2D eigenvalue weighted by atomic mass is 35.5. The maximum Gasteiger partial charge on any atom is 0.260 e. The van der Waals surface area contributed by atoms with Crippen LogP contribution in [0.25, 0.3) is 22.2 Å². The molecule has 0 fully saturated rings. The zero-order valence-electron chi connectivity index (χ0n) is 17.6. The monoisotopic (exact) mass is 430 g/mol. The molecule has 0 aliphatic carbocycles. The van der Waals surface area contributed by atoms with E-state index in [0.717, 1.165) is 35.9 Å². The predicted octanol–water partition coefficient (Wildman–Crippen LogP) is 6.91. The first kappa shape index (κ1) is 21.3. The number of benzene rings is 2. The second-order valence-electron chi connectivity index (χ2n) is 7.94. The molecular formula is C27H27ClN2O. The lowest BCUT2D eigenvalue weighted by Crippen LogP contribution is -2.23. The van der Waals surface area contributed by atoms with Crippen LogP contribution in [-0.4, -0.2) is 9.55 Å². The van der Waals surface area contributed by atoms with Crippen LogP contribution >= 0.6 is 11.6 Å². The Bertz CT molecular complexity index is 1200. The van der Waals surface area contributed by atoms with Crippen LogP contribution in [0.2, 0.25) is 5.02 Å². The Morgan fingerprint density at radius 3 is 2.45 bits per heavy atom. The minimum atomic E-state index is -0.00227. The predicted molar refractivity (Wildman–Crippen MR) is 130 cm³/mol. The van der Waals surface area contributed by atoms with E-state index in [1.807, 2.05) is 47.0 Å². The van der Waals surface area contributed by atoms with Crippen molar-refractivity contribution in [3.8, 4) is 11.1 Å². The zero-order valence-corrected chi connectivity index (χ0v) is 18.4. The summed E-state index contributed by atoms with van der Waals surface area (Å²) in [7, 11) is 0. The van der Waals surface area contributed by atoms with Crippen LogP contribution in [0.15, 0.2) is 83.8 Å². The second kappa shape index (κ2) is 10.4. The molecule has 2 heterocycles. The van der Waals surface area contributed by atoms with Crippen LogP contribution in [0, 0.1) is 0 Å². The molecule has 158 valence electrons. The summed E-state index contributed by atoms with van der Waals surface area (Å²) in [4.78, 5) is 17.8. The van der Waals surface area contributed by atoms with Gasteiger partial charge in [0.25, 0.3) is 5.56 Å². The second-order valence-corrected chi connectivity index (χ2v) is 8.38. The Labute approximate surface area is 188 Å². The van der Waals surface area contributed by atoms with E-state index in [1.165, 1.54) is 24.8 Å². The largest absolute Gasteiger partial charge is 0.292 e. The zero-order chi connectivity index (χ0) is 21.5. The molecule has 0 radical (unpaired) electrons. The number of fused-ring (bicyclic) bond motifs is 1. The average Bonchev–Trinajstić information content (AvgIpc) is 2.80. The van der Waals surface area contributed by atoms with E-state index in [1.54, 1.807) is 6.20 Å². The number of aromatic nitrogens is 2.